The molecule has 0 atom stereocenters. The Balaban J connectivity index is 2.67. The summed E-state index contributed by atoms with van der Waals surface area (Å²) in [7, 11) is 0. The molecule has 0 radical (unpaired) electrons. The van der Waals surface area contributed by atoms with Crippen molar-refractivity contribution < 1.29 is 0 Å². The fourth-order valence-corrected chi connectivity index (χ4v) is 1.21. The zero-order valence-electron chi connectivity index (χ0n) is 5.15. The van der Waals surface area contributed by atoms with Crippen LogP contribution in [0.5, 0.6) is 0 Å². The molecule has 0 aliphatic heterocycles. The number of rotatable bonds is 0. The van der Waals surface area contributed by atoms with Crippen molar-refractivity contribution >= 4 is 22.1 Å². The fraction of sp³-hybridized carbons (Fsp3) is 0. The van der Waals surface area contributed by atoms with Gasteiger partial charge in [-0.1, -0.05) is 0 Å². The first-order valence-electron chi connectivity index (χ1n) is 3.16. The van der Waals surface area contributed by atoms with Crippen molar-refractivity contribution in [2.45, 2.75) is 0 Å². The average molecular weight is 134 g/mol. The second kappa shape index (κ2) is 1.13. The van der Waals surface area contributed by atoms with E-state index in [1.165, 1.54) is 0 Å². The molecular weight excluding hydrogens is 128 g/mol. The van der Waals surface area contributed by atoms with Crippen molar-refractivity contribution in [3.8, 4) is 0 Å². The van der Waals surface area contributed by atoms with Crippen molar-refractivity contribution in [2.75, 3.05) is 0 Å². The Bertz CT molecular complexity index is 419. The number of hydrogen-bond acceptors (Lipinski definition) is 0. The zero-order chi connectivity index (χ0) is 6.55. The van der Waals surface area contributed by atoms with E-state index in [4.69, 9.17) is 0 Å². The van der Waals surface area contributed by atoms with Crippen molar-refractivity contribution in [1.82, 2.24) is 20.4 Å². The van der Waals surface area contributed by atoms with Crippen LogP contribution in [0, 0.1) is 0 Å². The summed E-state index contributed by atoms with van der Waals surface area (Å²) in [5.41, 5.74) is 4.65. The van der Waals surface area contributed by atoms with Gasteiger partial charge in [0.15, 0.2) is 0 Å². The third kappa shape index (κ3) is 0.292. The van der Waals surface area contributed by atoms with E-state index in [1.807, 2.05) is 12.1 Å². The molecule has 4 heteroatoms. The van der Waals surface area contributed by atoms with Crippen LogP contribution in [-0.4, -0.2) is 20.4 Å². The van der Waals surface area contributed by atoms with Crippen LogP contribution >= 0.6 is 0 Å². The van der Waals surface area contributed by atoms with E-state index < -0.39 is 0 Å². The third-order valence-electron chi connectivity index (χ3n) is 1.85. The third-order valence-corrected chi connectivity index (χ3v) is 1.85. The van der Waals surface area contributed by atoms with Crippen molar-refractivity contribution in [2.24, 2.45) is 0 Å². The second-order valence-corrected chi connectivity index (χ2v) is 2.41. The monoisotopic (exact) mass is 134 g/mol. The van der Waals surface area contributed by atoms with Gasteiger partial charge in [0.25, 0.3) is 0 Å². The number of nitrogens with one attached hydrogen (secondary N) is 4. The minimum absolute atomic E-state index is 1.16. The van der Waals surface area contributed by atoms with Gasteiger partial charge in [-0.2, -0.15) is 0 Å². The SMILES string of the molecule is c1cc2[nH][nH]c2c2[nH][nH]c12. The predicted molar refractivity (Wildman–Crippen MR) is 38.9 cm³/mol. The van der Waals surface area contributed by atoms with Gasteiger partial charge >= 0.3 is 0 Å². The lowest BCUT2D eigenvalue weighted by atomic mass is 10.2. The van der Waals surface area contributed by atoms with Crippen LogP contribution in [0.4, 0.5) is 0 Å². The largest absolute Gasteiger partial charge is 0.299 e. The highest BCUT2D eigenvalue weighted by Crippen LogP contribution is 2.20. The lowest BCUT2D eigenvalue weighted by Crippen LogP contribution is -1.98. The summed E-state index contributed by atoms with van der Waals surface area (Å²) in [6.07, 6.45) is 0. The van der Waals surface area contributed by atoms with Gasteiger partial charge in [-0.15, -0.1) is 0 Å². The van der Waals surface area contributed by atoms with Crippen LogP contribution in [0.1, 0.15) is 0 Å². The summed E-state index contributed by atoms with van der Waals surface area (Å²) < 4.78 is 0. The lowest BCUT2D eigenvalue weighted by Gasteiger charge is -2.09. The molecule has 0 saturated heterocycles. The Morgan fingerprint density at radius 2 is 1.20 bits per heavy atom. The van der Waals surface area contributed by atoms with Gasteiger partial charge in [0, 0.05) is 0 Å². The van der Waals surface area contributed by atoms with Gasteiger partial charge in [0.2, 0.25) is 0 Å². The van der Waals surface area contributed by atoms with E-state index in [-0.39, 0.29) is 0 Å². The first kappa shape index (κ1) is 4.27. The van der Waals surface area contributed by atoms with E-state index in [1.54, 1.807) is 0 Å². The summed E-state index contributed by atoms with van der Waals surface area (Å²) in [6.45, 7) is 0. The van der Waals surface area contributed by atoms with Crippen molar-refractivity contribution in [1.29, 1.82) is 0 Å². The van der Waals surface area contributed by atoms with Gasteiger partial charge in [0.05, 0.1) is 11.0 Å². The van der Waals surface area contributed by atoms with Gasteiger partial charge in [-0.3, -0.25) is 20.4 Å². The quantitative estimate of drug-likeness (QED) is 0.358. The number of H-pyrrole nitrogens is 4. The number of hydrogen-bond donors (Lipinski definition) is 4. The molecule has 0 aliphatic carbocycles. The summed E-state index contributed by atoms with van der Waals surface area (Å²) in [4.78, 5) is 0. The molecule has 4 N–H and O–H groups in total. The summed E-state index contributed by atoms with van der Waals surface area (Å²) in [5, 5.41) is 11.9. The molecule has 0 spiro atoms. The topological polar surface area (TPSA) is 63.2 Å². The molecule has 0 aliphatic rings. The highest BCUT2D eigenvalue weighted by molar-refractivity contribution is 6.01. The number of fused-ring (bicyclic) bond motifs is 3. The number of aromatic amines is 4. The highest BCUT2D eigenvalue weighted by Gasteiger charge is 2.04. The smallest absolute Gasteiger partial charge is 0.106 e. The van der Waals surface area contributed by atoms with Crippen LogP contribution in [0.2, 0.25) is 0 Å². The van der Waals surface area contributed by atoms with Gasteiger partial charge < -0.3 is 0 Å². The molecule has 3 rings (SSSR count). The van der Waals surface area contributed by atoms with Gasteiger partial charge in [-0.05, 0) is 12.1 Å². The molecule has 0 saturated carbocycles. The summed E-state index contributed by atoms with van der Waals surface area (Å²) >= 11 is 0. The van der Waals surface area contributed by atoms with E-state index in [9.17, 15) is 0 Å². The predicted octanol–water partition coefficient (Wildman–Crippen LogP) is 1.31. The molecule has 3 aromatic rings. The molecule has 2 heterocycles. The Labute approximate surface area is 55.6 Å². The van der Waals surface area contributed by atoms with E-state index in [0.29, 0.717) is 0 Å². The van der Waals surface area contributed by atoms with Crippen molar-refractivity contribution in [3.05, 3.63) is 12.1 Å². The lowest BCUT2D eigenvalue weighted by molar-refractivity contribution is 1.03. The number of benzene rings is 1. The van der Waals surface area contributed by atoms with Gasteiger partial charge in [0.1, 0.15) is 11.0 Å². The van der Waals surface area contributed by atoms with Crippen LogP contribution in [-0.2, 0) is 0 Å². The summed E-state index contributed by atoms with van der Waals surface area (Å²) in [6, 6.07) is 4.08. The normalized spacial score (nSPS) is 12.0. The highest BCUT2D eigenvalue weighted by atomic mass is 15.2. The fourth-order valence-electron chi connectivity index (χ4n) is 1.21. The molecular formula is C6H6N4. The summed E-state index contributed by atoms with van der Waals surface area (Å²) in [5.74, 6) is 0. The molecule has 0 bridgehead atoms. The molecule has 0 unspecified atom stereocenters. The van der Waals surface area contributed by atoms with E-state index in [2.05, 4.69) is 20.4 Å². The van der Waals surface area contributed by atoms with E-state index in [0.717, 1.165) is 22.1 Å². The molecule has 10 heavy (non-hydrogen) atoms. The minimum Gasteiger partial charge on any atom is -0.299 e. The maximum Gasteiger partial charge on any atom is 0.106 e. The zero-order valence-corrected chi connectivity index (χ0v) is 5.15. The van der Waals surface area contributed by atoms with Crippen LogP contribution in [0.15, 0.2) is 12.1 Å². The van der Waals surface area contributed by atoms with Crippen LogP contribution < -0.4 is 0 Å². The second-order valence-electron chi connectivity index (χ2n) is 2.41. The first-order chi connectivity index (χ1) is 4.95. The molecule has 0 fully saturated rings. The molecule has 0 amide bonds. The Morgan fingerprint density at radius 3 is 1.50 bits per heavy atom. The Kier molecular flexibility index (Phi) is 0.484. The minimum atomic E-state index is 1.16. The Morgan fingerprint density at radius 1 is 0.700 bits per heavy atom. The standard InChI is InChI=1S/C6H6N4/c1-2-4-6(10-8-4)5-3(1)7-9-5/h1-2,7-10H. The molecule has 1 aromatic carbocycles. The van der Waals surface area contributed by atoms with Crippen molar-refractivity contribution in [3.63, 3.8) is 0 Å². The maximum atomic E-state index is 3.00. The average Bonchev–Trinajstić information content (AvgIpc) is 1.84. The van der Waals surface area contributed by atoms with E-state index >= 15 is 0 Å². The Hall–Kier alpha value is -1.58. The van der Waals surface area contributed by atoms with Crippen LogP contribution in [0.25, 0.3) is 22.1 Å². The number of aromatic nitrogens is 4. The molecule has 2 aromatic heterocycles. The molecule has 4 nitrogen and oxygen atoms in total. The molecule has 50 valence electrons. The van der Waals surface area contributed by atoms with Gasteiger partial charge in [-0.25, -0.2) is 0 Å². The van der Waals surface area contributed by atoms with Crippen LogP contribution in [0.3, 0.4) is 0 Å². The maximum absolute atomic E-state index is 3.00. The first-order valence-corrected chi connectivity index (χ1v) is 3.16.